The predicted molar refractivity (Wildman–Crippen MR) is 51.5 cm³/mol. The van der Waals surface area contributed by atoms with Crippen LogP contribution in [0.3, 0.4) is 0 Å². The molecule has 66 valence electrons. The molecule has 0 atom stereocenters. The molecule has 12 heavy (non-hydrogen) atoms. The summed E-state index contributed by atoms with van der Waals surface area (Å²) in [5, 5.41) is 1.99. The van der Waals surface area contributed by atoms with Crippen molar-refractivity contribution in [3.63, 3.8) is 0 Å². The van der Waals surface area contributed by atoms with E-state index in [0.29, 0.717) is 6.67 Å². The predicted octanol–water partition coefficient (Wildman–Crippen LogP) is 1.66. The Morgan fingerprint density at radius 3 is 2.92 bits per heavy atom. The molecule has 0 bridgehead atoms. The summed E-state index contributed by atoms with van der Waals surface area (Å²) in [6, 6.07) is 0. The molecular formula is C9H15N3. The van der Waals surface area contributed by atoms with Gasteiger partial charge in [-0.3, -0.25) is 5.01 Å². The standard InChI is InChI=1S/C7H9N3.C2H6/c1-6-3-2-4-7-8-5-9-10(6)7;1-2/h2-4,9H,5H2,1H3;1-2H3. The van der Waals surface area contributed by atoms with Gasteiger partial charge in [0.2, 0.25) is 0 Å². The summed E-state index contributed by atoms with van der Waals surface area (Å²) >= 11 is 0. The Kier molecular flexibility index (Phi) is 3.05. The SMILES string of the molecule is CC.CC1=CC=CC2=NCNN12. The van der Waals surface area contributed by atoms with Gasteiger partial charge in [-0.2, -0.15) is 0 Å². The second-order valence-corrected chi connectivity index (χ2v) is 2.34. The molecule has 3 nitrogen and oxygen atoms in total. The summed E-state index contributed by atoms with van der Waals surface area (Å²) in [4.78, 5) is 4.21. The van der Waals surface area contributed by atoms with Gasteiger partial charge in [-0.1, -0.05) is 19.9 Å². The number of hydrogen-bond acceptors (Lipinski definition) is 3. The average Bonchev–Trinajstić information content (AvgIpc) is 2.57. The van der Waals surface area contributed by atoms with Gasteiger partial charge in [0.25, 0.3) is 0 Å². The third-order valence-electron chi connectivity index (χ3n) is 1.63. The van der Waals surface area contributed by atoms with E-state index in [2.05, 4.69) is 23.4 Å². The molecular weight excluding hydrogens is 150 g/mol. The topological polar surface area (TPSA) is 27.6 Å². The van der Waals surface area contributed by atoms with Gasteiger partial charge in [0.1, 0.15) is 12.5 Å². The highest BCUT2D eigenvalue weighted by atomic mass is 15.6. The third-order valence-corrected chi connectivity index (χ3v) is 1.63. The number of aliphatic imine (C=N–C) groups is 1. The van der Waals surface area contributed by atoms with E-state index in [9.17, 15) is 0 Å². The lowest BCUT2D eigenvalue weighted by atomic mass is 10.3. The molecule has 2 aliphatic heterocycles. The van der Waals surface area contributed by atoms with Crippen molar-refractivity contribution in [2.75, 3.05) is 6.67 Å². The minimum absolute atomic E-state index is 0.699. The summed E-state index contributed by atoms with van der Waals surface area (Å²) in [5.74, 6) is 1.01. The summed E-state index contributed by atoms with van der Waals surface area (Å²) in [6.07, 6.45) is 6.06. The highest BCUT2D eigenvalue weighted by molar-refractivity contribution is 5.95. The molecule has 0 aromatic heterocycles. The zero-order valence-corrected chi connectivity index (χ0v) is 7.83. The minimum Gasteiger partial charge on any atom is -0.263 e. The fourth-order valence-corrected chi connectivity index (χ4v) is 1.12. The molecule has 0 unspecified atom stereocenters. The molecule has 0 aromatic rings. The van der Waals surface area contributed by atoms with Crippen molar-refractivity contribution < 1.29 is 0 Å². The lowest BCUT2D eigenvalue weighted by molar-refractivity contribution is 0.418. The van der Waals surface area contributed by atoms with Crippen LogP contribution in [0.4, 0.5) is 0 Å². The van der Waals surface area contributed by atoms with Crippen molar-refractivity contribution in [2.45, 2.75) is 20.8 Å². The van der Waals surface area contributed by atoms with Crippen molar-refractivity contribution in [3.8, 4) is 0 Å². The van der Waals surface area contributed by atoms with Gasteiger partial charge in [0, 0.05) is 5.70 Å². The first-order valence-corrected chi connectivity index (χ1v) is 4.31. The van der Waals surface area contributed by atoms with Crippen LogP contribution in [0.1, 0.15) is 20.8 Å². The van der Waals surface area contributed by atoms with Gasteiger partial charge in [-0.05, 0) is 19.1 Å². The number of allylic oxidation sites excluding steroid dienone is 3. The monoisotopic (exact) mass is 165 g/mol. The Morgan fingerprint density at radius 1 is 1.50 bits per heavy atom. The lowest BCUT2D eigenvalue weighted by Gasteiger charge is -2.20. The van der Waals surface area contributed by atoms with Gasteiger partial charge < -0.3 is 0 Å². The zero-order valence-electron chi connectivity index (χ0n) is 7.83. The number of fused-ring (bicyclic) bond motifs is 1. The quantitative estimate of drug-likeness (QED) is 0.591. The first-order valence-electron chi connectivity index (χ1n) is 4.31. The number of rotatable bonds is 0. The van der Waals surface area contributed by atoms with Gasteiger partial charge in [0.15, 0.2) is 0 Å². The number of hydrogen-bond donors (Lipinski definition) is 1. The van der Waals surface area contributed by atoms with E-state index in [1.165, 1.54) is 5.70 Å². The van der Waals surface area contributed by atoms with E-state index >= 15 is 0 Å². The molecule has 2 aliphatic rings. The molecule has 0 aromatic carbocycles. The maximum atomic E-state index is 4.21. The number of nitrogens with one attached hydrogen (secondary N) is 1. The summed E-state index contributed by atoms with van der Waals surface area (Å²) in [5.41, 5.74) is 4.31. The largest absolute Gasteiger partial charge is 0.263 e. The molecule has 0 saturated carbocycles. The first kappa shape index (κ1) is 9.00. The van der Waals surface area contributed by atoms with Crippen LogP contribution in [0.25, 0.3) is 0 Å². The molecule has 2 rings (SSSR count). The second-order valence-electron chi connectivity index (χ2n) is 2.34. The molecule has 0 radical (unpaired) electrons. The highest BCUT2D eigenvalue weighted by Gasteiger charge is 2.16. The van der Waals surface area contributed by atoms with Crippen molar-refractivity contribution in [2.24, 2.45) is 4.99 Å². The maximum Gasteiger partial charge on any atom is 0.143 e. The second kappa shape index (κ2) is 4.07. The van der Waals surface area contributed by atoms with Crippen LogP contribution in [-0.4, -0.2) is 17.5 Å². The number of amidine groups is 1. The van der Waals surface area contributed by atoms with E-state index in [1.807, 2.05) is 31.0 Å². The van der Waals surface area contributed by atoms with Crippen LogP contribution in [0.2, 0.25) is 0 Å². The van der Waals surface area contributed by atoms with E-state index < -0.39 is 0 Å². The van der Waals surface area contributed by atoms with Crippen molar-refractivity contribution >= 4 is 5.84 Å². The van der Waals surface area contributed by atoms with E-state index in [0.717, 1.165) is 5.84 Å². The summed E-state index contributed by atoms with van der Waals surface area (Å²) in [6.45, 7) is 6.75. The molecule has 0 saturated heterocycles. The fourth-order valence-electron chi connectivity index (χ4n) is 1.12. The smallest absolute Gasteiger partial charge is 0.143 e. The summed E-state index contributed by atoms with van der Waals surface area (Å²) < 4.78 is 0. The number of hydrazine groups is 1. The maximum absolute atomic E-state index is 4.21. The Balaban J connectivity index is 0.000000336. The lowest BCUT2D eigenvalue weighted by Crippen LogP contribution is -2.35. The number of nitrogens with zero attached hydrogens (tertiary/aromatic N) is 2. The first-order chi connectivity index (χ1) is 5.88. The van der Waals surface area contributed by atoms with Gasteiger partial charge >= 0.3 is 0 Å². The van der Waals surface area contributed by atoms with Crippen LogP contribution >= 0.6 is 0 Å². The molecule has 0 spiro atoms. The van der Waals surface area contributed by atoms with E-state index in [-0.39, 0.29) is 0 Å². The minimum atomic E-state index is 0.699. The Labute approximate surface area is 73.4 Å². The zero-order chi connectivity index (χ0) is 8.97. The molecule has 3 heteroatoms. The Morgan fingerprint density at radius 2 is 2.25 bits per heavy atom. The van der Waals surface area contributed by atoms with E-state index in [4.69, 9.17) is 0 Å². The highest BCUT2D eigenvalue weighted by Crippen LogP contribution is 2.11. The molecule has 0 aliphatic carbocycles. The van der Waals surface area contributed by atoms with Crippen molar-refractivity contribution in [3.05, 3.63) is 23.9 Å². The van der Waals surface area contributed by atoms with Crippen LogP contribution in [0.5, 0.6) is 0 Å². The van der Waals surface area contributed by atoms with E-state index in [1.54, 1.807) is 0 Å². The van der Waals surface area contributed by atoms with Crippen molar-refractivity contribution in [1.82, 2.24) is 10.4 Å². The molecule has 1 N–H and O–H groups in total. The fraction of sp³-hybridized carbons (Fsp3) is 0.444. The summed E-state index contributed by atoms with van der Waals surface area (Å²) in [7, 11) is 0. The van der Waals surface area contributed by atoms with Crippen LogP contribution in [-0.2, 0) is 0 Å². The average molecular weight is 165 g/mol. The Hall–Kier alpha value is -1.09. The van der Waals surface area contributed by atoms with Crippen LogP contribution in [0.15, 0.2) is 28.9 Å². The van der Waals surface area contributed by atoms with Crippen LogP contribution in [0, 0.1) is 0 Å². The molecule has 0 amide bonds. The molecule has 2 heterocycles. The Bertz CT molecular complexity index is 238. The van der Waals surface area contributed by atoms with Gasteiger partial charge in [-0.15, -0.1) is 0 Å². The third kappa shape index (κ3) is 1.56. The van der Waals surface area contributed by atoms with Crippen LogP contribution < -0.4 is 5.43 Å². The molecule has 0 fully saturated rings. The van der Waals surface area contributed by atoms with Crippen molar-refractivity contribution in [1.29, 1.82) is 0 Å². The normalized spacial score (nSPS) is 19.1. The van der Waals surface area contributed by atoms with Gasteiger partial charge in [0.05, 0.1) is 0 Å². The van der Waals surface area contributed by atoms with Gasteiger partial charge in [-0.25, -0.2) is 10.4 Å².